The van der Waals surface area contributed by atoms with Gasteiger partial charge in [-0.1, -0.05) is 43.0 Å². The van der Waals surface area contributed by atoms with E-state index in [0.29, 0.717) is 0 Å². The topological polar surface area (TPSA) is 66.4 Å². The number of aliphatic hydroxyl groups excluding tert-OH is 1. The van der Waals surface area contributed by atoms with Gasteiger partial charge in [0.2, 0.25) is 10.0 Å². The predicted octanol–water partition coefficient (Wildman–Crippen LogP) is 2.56. The van der Waals surface area contributed by atoms with Gasteiger partial charge in [0.1, 0.15) is 4.90 Å². The molecule has 0 atom stereocenters. The van der Waals surface area contributed by atoms with E-state index in [-0.39, 0.29) is 28.5 Å². The molecule has 1 aromatic rings. The maximum Gasteiger partial charge on any atom is 0.242 e. The van der Waals surface area contributed by atoms with Crippen LogP contribution in [0.25, 0.3) is 0 Å². The summed E-state index contributed by atoms with van der Waals surface area (Å²) in [6.45, 7) is 0.273. The highest BCUT2D eigenvalue weighted by Gasteiger charge is 2.33. The van der Waals surface area contributed by atoms with Crippen molar-refractivity contribution >= 4 is 21.6 Å². The zero-order valence-electron chi connectivity index (χ0n) is 11.3. The predicted molar refractivity (Wildman–Crippen MR) is 79.2 cm³/mol. The molecule has 0 aliphatic heterocycles. The van der Waals surface area contributed by atoms with Crippen LogP contribution in [0, 0.1) is 5.41 Å². The van der Waals surface area contributed by atoms with Gasteiger partial charge < -0.3 is 5.11 Å². The molecule has 2 N–H and O–H groups in total. The van der Waals surface area contributed by atoms with Crippen molar-refractivity contribution in [2.75, 3.05) is 13.2 Å². The Morgan fingerprint density at radius 2 is 1.85 bits per heavy atom. The summed E-state index contributed by atoms with van der Waals surface area (Å²) < 4.78 is 27.2. The maximum atomic E-state index is 12.3. The van der Waals surface area contributed by atoms with Crippen LogP contribution >= 0.6 is 11.6 Å². The van der Waals surface area contributed by atoms with Crippen LogP contribution in [0.3, 0.4) is 0 Å². The van der Waals surface area contributed by atoms with Crippen molar-refractivity contribution in [2.24, 2.45) is 5.41 Å². The van der Waals surface area contributed by atoms with Crippen molar-refractivity contribution in [2.45, 2.75) is 37.0 Å². The van der Waals surface area contributed by atoms with Crippen LogP contribution in [0.5, 0.6) is 0 Å². The van der Waals surface area contributed by atoms with Crippen LogP contribution in [0.2, 0.25) is 5.02 Å². The normalized spacial score (nSPS) is 18.9. The van der Waals surface area contributed by atoms with Gasteiger partial charge in [0.15, 0.2) is 0 Å². The van der Waals surface area contributed by atoms with Crippen molar-refractivity contribution in [3.63, 3.8) is 0 Å². The number of benzene rings is 1. The lowest BCUT2D eigenvalue weighted by atomic mass is 9.75. The summed E-state index contributed by atoms with van der Waals surface area (Å²) in [5.41, 5.74) is -0.327. The van der Waals surface area contributed by atoms with Crippen molar-refractivity contribution < 1.29 is 13.5 Å². The van der Waals surface area contributed by atoms with E-state index in [2.05, 4.69) is 4.72 Å². The molecule has 0 radical (unpaired) electrons. The van der Waals surface area contributed by atoms with Gasteiger partial charge in [0, 0.05) is 18.6 Å². The number of hydrogen-bond donors (Lipinski definition) is 2. The van der Waals surface area contributed by atoms with E-state index in [4.69, 9.17) is 11.6 Å². The molecular weight excluding hydrogens is 298 g/mol. The molecule has 0 unspecified atom stereocenters. The Kier molecular flexibility index (Phi) is 5.07. The molecule has 1 aromatic carbocycles. The van der Waals surface area contributed by atoms with E-state index in [0.717, 1.165) is 32.1 Å². The molecule has 20 heavy (non-hydrogen) atoms. The van der Waals surface area contributed by atoms with Crippen molar-refractivity contribution in [3.8, 4) is 0 Å². The van der Waals surface area contributed by atoms with Crippen LogP contribution in [0.1, 0.15) is 32.1 Å². The van der Waals surface area contributed by atoms with Crippen LogP contribution in [0.15, 0.2) is 29.2 Å². The molecule has 1 aliphatic rings. The van der Waals surface area contributed by atoms with Crippen LogP contribution in [0.4, 0.5) is 0 Å². The summed E-state index contributed by atoms with van der Waals surface area (Å²) in [6, 6.07) is 6.37. The van der Waals surface area contributed by atoms with Gasteiger partial charge in [-0.2, -0.15) is 0 Å². The smallest absolute Gasteiger partial charge is 0.242 e. The number of rotatable bonds is 5. The monoisotopic (exact) mass is 317 g/mol. The van der Waals surface area contributed by atoms with Gasteiger partial charge in [-0.3, -0.25) is 0 Å². The fourth-order valence-electron chi connectivity index (χ4n) is 2.68. The Hall–Kier alpha value is -0.620. The zero-order chi connectivity index (χ0) is 14.6. The summed E-state index contributed by atoms with van der Waals surface area (Å²) in [5.74, 6) is 0. The van der Waals surface area contributed by atoms with E-state index < -0.39 is 10.0 Å². The van der Waals surface area contributed by atoms with Crippen LogP contribution in [-0.4, -0.2) is 26.7 Å². The Balaban J connectivity index is 2.11. The zero-order valence-corrected chi connectivity index (χ0v) is 12.9. The number of hydrogen-bond acceptors (Lipinski definition) is 3. The molecule has 0 spiro atoms. The molecule has 1 aliphatic carbocycles. The first kappa shape index (κ1) is 15.8. The molecule has 2 rings (SSSR count). The fourth-order valence-corrected chi connectivity index (χ4v) is 4.36. The van der Waals surface area contributed by atoms with Gasteiger partial charge in [-0.05, 0) is 25.0 Å². The minimum absolute atomic E-state index is 0.0119. The lowest BCUT2D eigenvalue weighted by Gasteiger charge is -2.35. The Bertz CT molecular complexity index is 553. The standard InChI is InChI=1S/C14H20ClNO3S/c15-12-6-2-3-7-13(12)20(18,19)16-10-14(11-17)8-4-1-5-9-14/h2-3,6-7,16-17H,1,4-5,8-11H2. The summed E-state index contributed by atoms with van der Waals surface area (Å²) in [7, 11) is -3.63. The molecule has 0 saturated heterocycles. The van der Waals surface area contributed by atoms with Gasteiger partial charge in [-0.25, -0.2) is 13.1 Å². The first-order valence-corrected chi connectivity index (χ1v) is 8.70. The molecule has 0 amide bonds. The molecule has 0 bridgehead atoms. The minimum Gasteiger partial charge on any atom is -0.396 e. The third kappa shape index (κ3) is 3.52. The Morgan fingerprint density at radius 1 is 1.20 bits per heavy atom. The third-order valence-electron chi connectivity index (χ3n) is 4.01. The molecule has 1 saturated carbocycles. The van der Waals surface area contributed by atoms with Crippen LogP contribution in [-0.2, 0) is 10.0 Å². The SMILES string of the molecule is O=S(=O)(NCC1(CO)CCCCC1)c1ccccc1Cl. The van der Waals surface area contributed by atoms with E-state index >= 15 is 0 Å². The number of nitrogens with one attached hydrogen (secondary N) is 1. The number of aliphatic hydroxyl groups is 1. The summed E-state index contributed by atoms with van der Waals surface area (Å²) in [5, 5.41) is 9.81. The first-order valence-electron chi connectivity index (χ1n) is 6.84. The minimum atomic E-state index is -3.63. The highest BCUT2D eigenvalue weighted by atomic mass is 35.5. The van der Waals surface area contributed by atoms with Gasteiger partial charge >= 0.3 is 0 Å². The van der Waals surface area contributed by atoms with E-state index in [9.17, 15) is 13.5 Å². The van der Waals surface area contributed by atoms with Crippen molar-refractivity contribution in [1.29, 1.82) is 0 Å². The Labute approximate surface area is 125 Å². The third-order valence-corrected chi connectivity index (χ3v) is 5.91. The summed E-state index contributed by atoms with van der Waals surface area (Å²) in [6.07, 6.45) is 4.94. The fraction of sp³-hybridized carbons (Fsp3) is 0.571. The average Bonchev–Trinajstić information content (AvgIpc) is 2.47. The molecule has 1 fully saturated rings. The van der Waals surface area contributed by atoms with Crippen molar-refractivity contribution in [1.82, 2.24) is 4.72 Å². The second-order valence-electron chi connectivity index (χ2n) is 5.47. The summed E-state index contributed by atoms with van der Waals surface area (Å²) in [4.78, 5) is 0.0885. The molecule has 112 valence electrons. The number of sulfonamides is 1. The highest BCUT2D eigenvalue weighted by molar-refractivity contribution is 7.89. The molecule has 6 heteroatoms. The van der Waals surface area contributed by atoms with E-state index in [1.165, 1.54) is 6.07 Å². The molecule has 0 heterocycles. The quantitative estimate of drug-likeness (QED) is 0.877. The Morgan fingerprint density at radius 3 is 2.45 bits per heavy atom. The molecular formula is C14H20ClNO3S. The molecule has 0 aromatic heterocycles. The average molecular weight is 318 g/mol. The lowest BCUT2D eigenvalue weighted by molar-refractivity contribution is 0.0867. The maximum absolute atomic E-state index is 12.3. The highest BCUT2D eigenvalue weighted by Crippen LogP contribution is 2.35. The second kappa shape index (κ2) is 6.43. The van der Waals surface area contributed by atoms with Crippen molar-refractivity contribution in [3.05, 3.63) is 29.3 Å². The first-order chi connectivity index (χ1) is 9.49. The lowest BCUT2D eigenvalue weighted by Crippen LogP contribution is -2.41. The van der Waals surface area contributed by atoms with E-state index in [1.54, 1.807) is 18.2 Å². The van der Waals surface area contributed by atoms with Gasteiger partial charge in [-0.15, -0.1) is 0 Å². The van der Waals surface area contributed by atoms with E-state index in [1.807, 2.05) is 0 Å². The number of halogens is 1. The largest absolute Gasteiger partial charge is 0.396 e. The van der Waals surface area contributed by atoms with Gasteiger partial charge in [0.25, 0.3) is 0 Å². The van der Waals surface area contributed by atoms with Crippen LogP contribution < -0.4 is 4.72 Å². The second-order valence-corrected chi connectivity index (χ2v) is 7.62. The molecule has 4 nitrogen and oxygen atoms in total. The summed E-state index contributed by atoms with van der Waals surface area (Å²) >= 11 is 5.93. The van der Waals surface area contributed by atoms with Gasteiger partial charge in [0.05, 0.1) is 5.02 Å².